The number of rotatable bonds is 11. The molecule has 0 aromatic heterocycles. The van der Waals surface area contributed by atoms with Gasteiger partial charge in [0.05, 0.1) is 0 Å². The molecule has 0 aliphatic heterocycles. The molecule has 0 spiro atoms. The van der Waals surface area contributed by atoms with Gasteiger partial charge in [0.1, 0.15) is 11.6 Å². The van der Waals surface area contributed by atoms with Crippen molar-refractivity contribution < 1.29 is 14.4 Å². The first-order chi connectivity index (χ1) is 16.9. The highest BCUT2D eigenvalue weighted by molar-refractivity contribution is 6.01. The quantitative estimate of drug-likeness (QED) is 0.282. The van der Waals surface area contributed by atoms with Crippen LogP contribution in [0.3, 0.4) is 0 Å². The molecule has 37 heavy (non-hydrogen) atoms. The zero-order valence-electron chi connectivity index (χ0n) is 25.4. The van der Waals surface area contributed by atoms with Gasteiger partial charge in [0.15, 0.2) is 5.78 Å². The van der Waals surface area contributed by atoms with Crippen LogP contribution < -0.4 is 0 Å². The van der Waals surface area contributed by atoms with E-state index in [4.69, 9.17) is 0 Å². The number of hydrogen-bond donors (Lipinski definition) is 0. The van der Waals surface area contributed by atoms with E-state index in [-0.39, 0.29) is 52.4 Å². The summed E-state index contributed by atoms with van der Waals surface area (Å²) >= 11 is 0. The minimum Gasteiger partial charge on any atom is -0.300 e. The molecule has 3 nitrogen and oxygen atoms in total. The fraction of sp³-hybridized carbons (Fsp3) is 0.618. The molecule has 1 aromatic carbocycles. The van der Waals surface area contributed by atoms with Crippen LogP contribution in [0, 0.1) is 34.5 Å². The Morgan fingerprint density at radius 2 is 1.46 bits per heavy atom. The third-order valence-corrected chi connectivity index (χ3v) is 8.95. The average molecular weight is 507 g/mol. The molecule has 0 N–H and O–H groups in total. The summed E-state index contributed by atoms with van der Waals surface area (Å²) in [5, 5.41) is 0. The first kappa shape index (κ1) is 30.9. The van der Waals surface area contributed by atoms with Crippen molar-refractivity contribution in [1.82, 2.24) is 0 Å². The van der Waals surface area contributed by atoms with Crippen molar-refractivity contribution in [3.05, 3.63) is 52.6 Å². The molecule has 0 amide bonds. The Morgan fingerprint density at radius 3 is 1.97 bits per heavy atom. The molecule has 0 fully saturated rings. The normalized spacial score (nSPS) is 19.1. The lowest BCUT2D eigenvalue weighted by Crippen LogP contribution is -2.36. The maximum Gasteiger partial charge on any atom is 0.162 e. The monoisotopic (exact) mass is 506 g/mol. The summed E-state index contributed by atoms with van der Waals surface area (Å²) < 4.78 is 0. The summed E-state index contributed by atoms with van der Waals surface area (Å²) in [7, 11) is 0. The Labute approximate surface area is 226 Å². The van der Waals surface area contributed by atoms with Crippen LogP contribution in [-0.2, 0) is 14.4 Å². The van der Waals surface area contributed by atoms with Gasteiger partial charge in [0.2, 0.25) is 0 Å². The molecule has 0 radical (unpaired) electrons. The van der Waals surface area contributed by atoms with Gasteiger partial charge in [-0.25, -0.2) is 0 Å². The van der Waals surface area contributed by atoms with E-state index < -0.39 is 5.92 Å². The molecular formula is C34H50O3. The van der Waals surface area contributed by atoms with Crippen LogP contribution in [0.4, 0.5) is 0 Å². The van der Waals surface area contributed by atoms with Crippen LogP contribution in [0.1, 0.15) is 113 Å². The van der Waals surface area contributed by atoms with Crippen LogP contribution in [0.25, 0.3) is 5.57 Å². The number of hydrogen-bond acceptors (Lipinski definition) is 3. The Morgan fingerprint density at radius 1 is 0.892 bits per heavy atom. The van der Waals surface area contributed by atoms with Gasteiger partial charge >= 0.3 is 0 Å². The average Bonchev–Trinajstić information content (AvgIpc) is 3.15. The third-order valence-electron chi connectivity index (χ3n) is 8.95. The Bertz CT molecular complexity index is 1090. The van der Waals surface area contributed by atoms with E-state index in [1.807, 2.05) is 20.8 Å². The lowest BCUT2D eigenvalue weighted by molar-refractivity contribution is -0.132. The summed E-state index contributed by atoms with van der Waals surface area (Å²) in [5.74, 6) is 0.0312. The predicted octanol–water partition coefficient (Wildman–Crippen LogP) is 8.63. The second-order valence-corrected chi connectivity index (χ2v) is 13.4. The lowest BCUT2D eigenvalue weighted by Gasteiger charge is -2.36. The highest BCUT2D eigenvalue weighted by atomic mass is 16.1. The molecule has 0 heterocycles. The largest absolute Gasteiger partial charge is 0.300 e. The van der Waals surface area contributed by atoms with Crippen LogP contribution in [0.5, 0.6) is 0 Å². The summed E-state index contributed by atoms with van der Waals surface area (Å²) in [6.07, 6.45) is 3.12. The summed E-state index contributed by atoms with van der Waals surface area (Å²) in [5.41, 5.74) is 4.83. The lowest BCUT2D eigenvalue weighted by atomic mass is 9.66. The second kappa shape index (κ2) is 11.6. The summed E-state index contributed by atoms with van der Waals surface area (Å²) in [6.45, 7) is 24.3. The fourth-order valence-electron chi connectivity index (χ4n) is 5.65. The second-order valence-electron chi connectivity index (χ2n) is 13.4. The van der Waals surface area contributed by atoms with Crippen LogP contribution in [0.15, 0.2) is 41.5 Å². The fourth-order valence-corrected chi connectivity index (χ4v) is 5.65. The van der Waals surface area contributed by atoms with Crippen molar-refractivity contribution in [2.75, 3.05) is 0 Å². The number of benzene rings is 1. The zero-order chi connectivity index (χ0) is 28.5. The molecular weight excluding hydrogens is 456 g/mol. The number of fused-ring (bicyclic) bond motifs is 1. The van der Waals surface area contributed by atoms with Crippen molar-refractivity contribution in [1.29, 1.82) is 0 Å². The highest BCUT2D eigenvalue weighted by Crippen LogP contribution is 2.49. The van der Waals surface area contributed by atoms with E-state index in [1.54, 1.807) is 6.92 Å². The standard InChI is InChI=1S/C34H50O3/c1-20(2)28(17-21(3)25(7)35)23(5)32(37)30(33(8,9)10)19-31(36)24(6)34(11,12)29-18-22(4)26-15-13-14-16-27(26)29/h13-16,18,20-22,24,30H,17,19H2,1-12H3/b28-23-. The van der Waals surface area contributed by atoms with Crippen molar-refractivity contribution in [2.24, 2.45) is 34.5 Å². The molecule has 2 rings (SSSR count). The van der Waals surface area contributed by atoms with Crippen molar-refractivity contribution in [3.8, 4) is 0 Å². The maximum atomic E-state index is 14.0. The molecule has 0 saturated heterocycles. The van der Waals surface area contributed by atoms with Gasteiger partial charge in [-0.15, -0.1) is 0 Å². The molecule has 3 heteroatoms. The van der Waals surface area contributed by atoms with Gasteiger partial charge in [-0.05, 0) is 59.3 Å². The SMILES string of the molecule is CC(=O)C(C)C/C(=C(\C)C(=O)C(CC(=O)C(C)C(C)(C)C1=CC(C)c2ccccc21)C(C)(C)C)C(C)C. The van der Waals surface area contributed by atoms with Gasteiger partial charge in [-0.3, -0.25) is 14.4 Å². The van der Waals surface area contributed by atoms with Crippen molar-refractivity contribution in [2.45, 2.75) is 102 Å². The molecule has 4 atom stereocenters. The van der Waals surface area contributed by atoms with Gasteiger partial charge in [0.25, 0.3) is 0 Å². The number of carbonyl (C=O) groups is 3. The summed E-state index contributed by atoms with van der Waals surface area (Å²) in [6, 6.07) is 8.48. The molecule has 1 aliphatic carbocycles. The Kier molecular flexibility index (Phi) is 9.72. The zero-order valence-corrected chi connectivity index (χ0v) is 25.4. The maximum absolute atomic E-state index is 14.0. The molecule has 1 aromatic rings. The third kappa shape index (κ3) is 6.78. The van der Waals surface area contributed by atoms with E-state index in [0.717, 1.165) is 11.1 Å². The number of ketones is 3. The van der Waals surface area contributed by atoms with E-state index >= 15 is 0 Å². The van der Waals surface area contributed by atoms with E-state index in [0.29, 0.717) is 12.3 Å². The Balaban J connectivity index is 2.38. The first-order valence-electron chi connectivity index (χ1n) is 14.0. The first-order valence-corrected chi connectivity index (χ1v) is 14.0. The number of Topliss-reactive ketones (excluding diaryl/α,β-unsaturated/α-hetero) is 3. The Hall–Kier alpha value is -2.29. The van der Waals surface area contributed by atoms with E-state index in [9.17, 15) is 14.4 Å². The van der Waals surface area contributed by atoms with Crippen molar-refractivity contribution in [3.63, 3.8) is 0 Å². The molecule has 1 aliphatic rings. The topological polar surface area (TPSA) is 51.2 Å². The predicted molar refractivity (Wildman–Crippen MR) is 155 cm³/mol. The molecule has 0 bridgehead atoms. The van der Waals surface area contributed by atoms with Crippen LogP contribution in [-0.4, -0.2) is 17.3 Å². The van der Waals surface area contributed by atoms with Crippen molar-refractivity contribution >= 4 is 22.9 Å². The number of carbonyl (C=O) groups excluding carboxylic acids is 3. The van der Waals surface area contributed by atoms with Gasteiger partial charge in [-0.1, -0.05) is 105 Å². The van der Waals surface area contributed by atoms with Gasteiger partial charge in [-0.2, -0.15) is 0 Å². The van der Waals surface area contributed by atoms with E-state index in [2.05, 4.69) is 85.7 Å². The van der Waals surface area contributed by atoms with E-state index in [1.165, 1.54) is 16.7 Å². The molecule has 204 valence electrons. The number of allylic oxidation sites excluding steroid dienone is 4. The van der Waals surface area contributed by atoms with Crippen LogP contribution >= 0.6 is 0 Å². The summed E-state index contributed by atoms with van der Waals surface area (Å²) in [4.78, 5) is 39.8. The highest BCUT2D eigenvalue weighted by Gasteiger charge is 2.42. The minimum absolute atomic E-state index is 0.0457. The minimum atomic E-state index is -0.414. The molecule has 0 saturated carbocycles. The molecule has 4 unspecified atom stereocenters. The smallest absolute Gasteiger partial charge is 0.162 e. The van der Waals surface area contributed by atoms with Gasteiger partial charge in [0, 0.05) is 30.1 Å². The van der Waals surface area contributed by atoms with Gasteiger partial charge < -0.3 is 0 Å². The van der Waals surface area contributed by atoms with Crippen LogP contribution in [0.2, 0.25) is 0 Å².